The van der Waals surface area contributed by atoms with Crippen molar-refractivity contribution in [2.45, 2.75) is 41.7 Å². The van der Waals surface area contributed by atoms with E-state index in [4.69, 9.17) is 18.9 Å². The molecule has 1 N–H and O–H groups in total. The van der Waals surface area contributed by atoms with Crippen LogP contribution in [0.5, 0.6) is 0 Å². The third-order valence-electron chi connectivity index (χ3n) is 3.66. The Hall–Kier alpha value is -0.740. The van der Waals surface area contributed by atoms with Gasteiger partial charge in [-0.3, -0.25) is 4.79 Å². The van der Waals surface area contributed by atoms with Crippen molar-refractivity contribution in [2.75, 3.05) is 6.61 Å². The van der Waals surface area contributed by atoms with Crippen molar-refractivity contribution in [3.05, 3.63) is 35.9 Å². The van der Waals surface area contributed by atoms with Gasteiger partial charge in [0, 0.05) is 12.5 Å². The summed E-state index contributed by atoms with van der Waals surface area (Å²) in [6.07, 6.45) is -3.09. The van der Waals surface area contributed by atoms with Crippen molar-refractivity contribution < 1.29 is 28.8 Å². The van der Waals surface area contributed by atoms with Gasteiger partial charge in [-0.25, -0.2) is 0 Å². The van der Waals surface area contributed by atoms with Crippen LogP contribution in [-0.4, -0.2) is 46.2 Å². The molecule has 2 fully saturated rings. The number of hydrogen-bond donors (Lipinski definition) is 1. The third-order valence-corrected chi connectivity index (χ3v) is 4.98. The van der Waals surface area contributed by atoms with Gasteiger partial charge in [0.2, 0.25) is 0 Å². The van der Waals surface area contributed by atoms with E-state index in [0.717, 1.165) is 5.56 Å². The molecular weight excluding hydrogens is 403 g/mol. The van der Waals surface area contributed by atoms with Crippen LogP contribution in [0, 0.1) is 0 Å². The van der Waals surface area contributed by atoms with Crippen molar-refractivity contribution in [3.8, 4) is 0 Å². The van der Waals surface area contributed by atoms with Crippen LogP contribution < -0.4 is 0 Å². The predicted octanol–water partition coefficient (Wildman–Crippen LogP) is 1.55. The highest BCUT2D eigenvalue weighted by Gasteiger charge is 2.50. The number of hydrogen-bond acceptors (Lipinski definition) is 6. The number of carbonyl (C=O) groups excluding carboxylic acids is 1. The maximum absolute atomic E-state index is 11.4. The van der Waals surface area contributed by atoms with Crippen LogP contribution in [0.15, 0.2) is 30.3 Å². The number of aliphatic hydroxyl groups excluding tert-OH is 1. The summed E-state index contributed by atoms with van der Waals surface area (Å²) in [4.78, 5) is 11.4. The van der Waals surface area contributed by atoms with E-state index in [1.807, 2.05) is 52.9 Å². The lowest BCUT2D eigenvalue weighted by atomic mass is 10.00. The zero-order chi connectivity index (χ0) is 15.7. The zero-order valence-electron chi connectivity index (χ0n) is 11.9. The molecule has 0 bridgehead atoms. The Morgan fingerprint density at radius 2 is 2.05 bits per heavy atom. The lowest BCUT2D eigenvalue weighted by Crippen LogP contribution is -2.61. The van der Waals surface area contributed by atoms with E-state index < -0.39 is 40.8 Å². The van der Waals surface area contributed by atoms with Crippen molar-refractivity contribution in [1.82, 2.24) is 0 Å². The molecule has 0 aliphatic carbocycles. The van der Waals surface area contributed by atoms with Gasteiger partial charge in [-0.1, -0.05) is 52.9 Å². The van der Waals surface area contributed by atoms with Gasteiger partial charge in [-0.15, -0.1) is 0 Å². The summed E-state index contributed by atoms with van der Waals surface area (Å²) in [5, 5.41) is 9.95. The molecule has 0 spiro atoms. The Kier molecular flexibility index (Phi) is 4.98. The van der Waals surface area contributed by atoms with Crippen molar-refractivity contribution in [3.63, 3.8) is 0 Å². The molecule has 2 aliphatic heterocycles. The summed E-state index contributed by atoms with van der Waals surface area (Å²) in [6.45, 7) is 1.61. The molecule has 7 heteroatoms. The average molecular weight is 420 g/mol. The quantitative estimate of drug-likeness (QED) is 0.445. The highest BCUT2D eigenvalue weighted by atomic mass is 127. The summed E-state index contributed by atoms with van der Waals surface area (Å²) in [6, 6.07) is 9.54. The number of esters is 1. The SMILES string of the molecule is CC(=O)O[C@H]1C(I)C(O)O[C@@H]2COC(c3ccccc3)O[C@H]21. The number of halogens is 1. The van der Waals surface area contributed by atoms with Crippen LogP contribution in [0.3, 0.4) is 0 Å². The number of aliphatic hydroxyl groups is 1. The summed E-state index contributed by atoms with van der Waals surface area (Å²) in [7, 11) is 0. The van der Waals surface area contributed by atoms with Gasteiger partial charge in [0.25, 0.3) is 0 Å². The molecule has 22 heavy (non-hydrogen) atoms. The Balaban J connectivity index is 1.80. The zero-order valence-corrected chi connectivity index (χ0v) is 14.1. The van der Waals surface area contributed by atoms with E-state index in [0.29, 0.717) is 0 Å². The Morgan fingerprint density at radius 1 is 1.32 bits per heavy atom. The molecule has 120 valence electrons. The summed E-state index contributed by atoms with van der Waals surface area (Å²) in [5.74, 6) is -0.411. The van der Waals surface area contributed by atoms with Crippen LogP contribution in [0.4, 0.5) is 0 Å². The van der Waals surface area contributed by atoms with Gasteiger partial charge < -0.3 is 24.1 Å². The first-order chi connectivity index (χ1) is 10.6. The van der Waals surface area contributed by atoms with E-state index in [-0.39, 0.29) is 6.61 Å². The van der Waals surface area contributed by atoms with Gasteiger partial charge in [0.1, 0.15) is 22.2 Å². The number of fused-ring (bicyclic) bond motifs is 1. The van der Waals surface area contributed by atoms with E-state index in [1.165, 1.54) is 6.92 Å². The first-order valence-corrected chi connectivity index (χ1v) is 8.27. The second-order valence-corrected chi connectivity index (χ2v) is 6.70. The molecule has 6 atom stereocenters. The first-order valence-electron chi connectivity index (χ1n) is 7.03. The molecule has 0 radical (unpaired) electrons. The smallest absolute Gasteiger partial charge is 0.303 e. The molecule has 2 heterocycles. The second kappa shape index (κ2) is 6.79. The molecule has 1 aromatic rings. The van der Waals surface area contributed by atoms with Crippen LogP contribution in [-0.2, 0) is 23.7 Å². The molecule has 3 rings (SSSR count). The van der Waals surface area contributed by atoms with Crippen LogP contribution in [0.2, 0.25) is 0 Å². The van der Waals surface area contributed by atoms with Crippen LogP contribution in [0.1, 0.15) is 18.8 Å². The number of ether oxygens (including phenoxy) is 4. The normalized spacial score (nSPS) is 38.1. The van der Waals surface area contributed by atoms with Gasteiger partial charge in [0.15, 0.2) is 12.6 Å². The minimum Gasteiger partial charge on any atom is -0.458 e. The lowest BCUT2D eigenvalue weighted by molar-refractivity contribution is -0.328. The third kappa shape index (κ3) is 3.28. The largest absolute Gasteiger partial charge is 0.458 e. The Labute approximate surface area is 141 Å². The number of rotatable bonds is 2. The van der Waals surface area contributed by atoms with Gasteiger partial charge >= 0.3 is 5.97 Å². The highest BCUT2D eigenvalue weighted by molar-refractivity contribution is 14.1. The first kappa shape index (κ1) is 16.1. The van der Waals surface area contributed by atoms with E-state index in [9.17, 15) is 9.90 Å². The summed E-state index contributed by atoms with van der Waals surface area (Å²) >= 11 is 2.02. The van der Waals surface area contributed by atoms with Crippen LogP contribution >= 0.6 is 22.6 Å². The molecule has 3 unspecified atom stereocenters. The number of benzene rings is 1. The topological polar surface area (TPSA) is 74.2 Å². The number of carbonyl (C=O) groups is 1. The monoisotopic (exact) mass is 420 g/mol. The van der Waals surface area contributed by atoms with E-state index >= 15 is 0 Å². The molecule has 2 aliphatic rings. The lowest BCUT2D eigenvalue weighted by Gasteiger charge is -2.46. The maximum atomic E-state index is 11.4. The molecule has 2 saturated heterocycles. The van der Waals surface area contributed by atoms with E-state index in [1.54, 1.807) is 0 Å². The van der Waals surface area contributed by atoms with Crippen molar-refractivity contribution in [1.29, 1.82) is 0 Å². The van der Waals surface area contributed by atoms with Crippen molar-refractivity contribution >= 4 is 28.6 Å². The van der Waals surface area contributed by atoms with Crippen LogP contribution in [0.25, 0.3) is 0 Å². The van der Waals surface area contributed by atoms with Gasteiger partial charge in [0.05, 0.1) is 6.61 Å². The Bertz CT molecular complexity index is 524. The van der Waals surface area contributed by atoms with E-state index in [2.05, 4.69) is 0 Å². The fraction of sp³-hybridized carbons (Fsp3) is 0.533. The molecule has 6 nitrogen and oxygen atoms in total. The number of alkyl halides is 1. The fourth-order valence-corrected chi connectivity index (χ4v) is 3.38. The van der Waals surface area contributed by atoms with Crippen molar-refractivity contribution in [2.24, 2.45) is 0 Å². The molecular formula is C15H17IO6. The van der Waals surface area contributed by atoms with Gasteiger partial charge in [-0.05, 0) is 0 Å². The minimum atomic E-state index is -1.02. The average Bonchev–Trinajstić information content (AvgIpc) is 2.52. The minimum absolute atomic E-state index is 0.266. The fourth-order valence-electron chi connectivity index (χ4n) is 2.66. The molecule has 1 aromatic carbocycles. The van der Waals surface area contributed by atoms with Gasteiger partial charge in [-0.2, -0.15) is 0 Å². The molecule has 0 amide bonds. The standard InChI is InChI=1S/C15H17IO6/c1-8(17)20-13-11(16)14(18)21-10-7-19-15(22-12(10)13)9-5-3-2-4-6-9/h2-6,10-15,18H,7H2,1H3/t10-,11?,12-,13+,14?,15?/m1/s1. The maximum Gasteiger partial charge on any atom is 0.303 e. The molecule has 0 saturated carbocycles. The Morgan fingerprint density at radius 3 is 2.73 bits per heavy atom. The second-order valence-electron chi connectivity index (χ2n) is 5.26. The molecule has 0 aromatic heterocycles. The predicted molar refractivity (Wildman–Crippen MR) is 84.2 cm³/mol. The highest BCUT2D eigenvalue weighted by Crippen LogP contribution is 2.37. The summed E-state index contributed by atoms with van der Waals surface area (Å²) in [5.41, 5.74) is 0.888. The summed E-state index contributed by atoms with van der Waals surface area (Å²) < 4.78 is 22.1.